The average Bonchev–Trinajstić information content (AvgIpc) is 2.99. The molecule has 7 nitrogen and oxygen atoms in total. The second-order valence-electron chi connectivity index (χ2n) is 6.55. The van der Waals surface area contributed by atoms with Gasteiger partial charge in [0.2, 0.25) is 11.8 Å². The lowest BCUT2D eigenvalue weighted by Crippen LogP contribution is -2.30. The van der Waals surface area contributed by atoms with Crippen LogP contribution in [0.3, 0.4) is 0 Å². The number of nitrogens with zero attached hydrogens (tertiary/aromatic N) is 2. The van der Waals surface area contributed by atoms with Gasteiger partial charge in [-0.15, -0.1) is 23.1 Å². The van der Waals surface area contributed by atoms with Crippen molar-refractivity contribution >= 4 is 39.2 Å². The molecule has 0 unspecified atom stereocenters. The van der Waals surface area contributed by atoms with Gasteiger partial charge in [0, 0.05) is 23.2 Å². The van der Waals surface area contributed by atoms with Crippen molar-refractivity contribution in [2.75, 3.05) is 6.61 Å². The molecule has 0 aromatic carbocycles. The highest BCUT2D eigenvalue weighted by Gasteiger charge is 2.16. The smallest absolute Gasteiger partial charge is 0.259 e. The first-order valence-electron chi connectivity index (χ1n) is 9.35. The molecule has 1 atom stereocenters. The molecule has 154 valence electrons. The number of hydrogen-bond acceptors (Lipinski definition) is 7. The number of amides is 1. The number of carbonyl (C=O) groups excluding carboxylic acids is 1. The second-order valence-corrected chi connectivity index (χ2v) is 9.08. The summed E-state index contributed by atoms with van der Waals surface area (Å²) < 4.78 is 5.48. The van der Waals surface area contributed by atoms with Gasteiger partial charge in [-0.1, -0.05) is 6.07 Å². The van der Waals surface area contributed by atoms with Crippen LogP contribution in [-0.4, -0.2) is 32.7 Å². The monoisotopic (exact) mass is 432 g/mol. The number of nitrogens with one attached hydrogen (secondary N) is 2. The molecule has 1 amide bonds. The Labute approximate surface area is 177 Å². The number of rotatable bonds is 8. The molecule has 0 fully saturated rings. The number of aryl methyl sites for hydroxylation is 2. The van der Waals surface area contributed by atoms with E-state index in [-0.39, 0.29) is 16.7 Å². The minimum absolute atomic E-state index is 0.0902. The van der Waals surface area contributed by atoms with E-state index in [0.717, 1.165) is 20.8 Å². The lowest BCUT2D eigenvalue weighted by molar-refractivity contribution is -0.120. The number of thiophene rings is 1. The first-order valence-corrected chi connectivity index (χ1v) is 11.2. The van der Waals surface area contributed by atoms with Crippen molar-refractivity contribution < 1.29 is 9.53 Å². The summed E-state index contributed by atoms with van der Waals surface area (Å²) in [4.78, 5) is 38.2. The molecule has 2 N–H and O–H groups in total. The summed E-state index contributed by atoms with van der Waals surface area (Å²) in [5, 5.41) is 3.28. The van der Waals surface area contributed by atoms with Gasteiger partial charge in [0.1, 0.15) is 10.7 Å². The third-order valence-electron chi connectivity index (χ3n) is 4.51. The highest BCUT2D eigenvalue weighted by molar-refractivity contribution is 7.99. The summed E-state index contributed by atoms with van der Waals surface area (Å²) >= 11 is 2.95. The van der Waals surface area contributed by atoms with Crippen LogP contribution in [0.4, 0.5) is 0 Å². The molecular weight excluding hydrogens is 408 g/mol. The molecule has 0 bridgehead atoms. The van der Waals surface area contributed by atoms with Gasteiger partial charge in [0.25, 0.3) is 5.56 Å². The highest BCUT2D eigenvalue weighted by atomic mass is 32.2. The zero-order chi connectivity index (χ0) is 21.0. The second kappa shape index (κ2) is 9.41. The summed E-state index contributed by atoms with van der Waals surface area (Å²) in [6.45, 7) is 8.52. The Hall–Kier alpha value is -2.39. The molecule has 3 aromatic rings. The van der Waals surface area contributed by atoms with Crippen molar-refractivity contribution in [3.8, 4) is 5.88 Å². The van der Waals surface area contributed by atoms with Crippen LogP contribution in [0.15, 0.2) is 23.1 Å². The number of aromatic nitrogens is 3. The highest BCUT2D eigenvalue weighted by Crippen LogP contribution is 2.26. The average molecular weight is 433 g/mol. The fraction of sp³-hybridized carbons (Fsp3) is 0.400. The van der Waals surface area contributed by atoms with Gasteiger partial charge in [0.05, 0.1) is 23.0 Å². The van der Waals surface area contributed by atoms with Crippen LogP contribution in [0, 0.1) is 13.8 Å². The molecule has 3 heterocycles. The largest absolute Gasteiger partial charge is 0.478 e. The van der Waals surface area contributed by atoms with Crippen LogP contribution in [0.25, 0.3) is 10.2 Å². The van der Waals surface area contributed by atoms with Crippen molar-refractivity contribution in [3.05, 3.63) is 50.5 Å². The summed E-state index contributed by atoms with van der Waals surface area (Å²) in [5.74, 6) is 1.48. The lowest BCUT2D eigenvalue weighted by atomic mass is 10.2. The standard InChI is InChI=1S/C20H24N4O3S2/c1-5-27-19-14(7-6-8-21-19)9-22-17(25)13(4)28-10-15-23-18(26)16-11(2)12(3)29-20(16)24-15/h6-8,13H,5,9-10H2,1-4H3,(H,22,25)(H,23,24,26)/t13-/m1/s1. The van der Waals surface area contributed by atoms with Gasteiger partial charge >= 0.3 is 0 Å². The number of carbonyl (C=O) groups is 1. The van der Waals surface area contributed by atoms with Crippen LogP contribution in [0.1, 0.15) is 35.7 Å². The Bertz CT molecular complexity index is 1080. The van der Waals surface area contributed by atoms with Crippen molar-refractivity contribution in [2.45, 2.75) is 45.2 Å². The molecule has 0 spiro atoms. The van der Waals surface area contributed by atoms with Gasteiger partial charge in [0.15, 0.2) is 0 Å². The number of fused-ring (bicyclic) bond motifs is 1. The van der Waals surface area contributed by atoms with Gasteiger partial charge in [-0.3, -0.25) is 9.59 Å². The number of aromatic amines is 1. The van der Waals surface area contributed by atoms with Crippen LogP contribution < -0.4 is 15.6 Å². The van der Waals surface area contributed by atoms with E-state index < -0.39 is 0 Å². The maximum atomic E-state index is 12.5. The van der Waals surface area contributed by atoms with Crippen molar-refractivity contribution in [1.29, 1.82) is 0 Å². The molecule has 0 aliphatic heterocycles. The maximum Gasteiger partial charge on any atom is 0.259 e. The van der Waals surface area contributed by atoms with E-state index >= 15 is 0 Å². The molecule has 29 heavy (non-hydrogen) atoms. The summed E-state index contributed by atoms with van der Waals surface area (Å²) in [6.07, 6.45) is 1.66. The van der Waals surface area contributed by atoms with Crippen LogP contribution in [-0.2, 0) is 17.1 Å². The Morgan fingerprint density at radius 3 is 2.97 bits per heavy atom. The maximum absolute atomic E-state index is 12.5. The van der Waals surface area contributed by atoms with Crippen LogP contribution in [0.5, 0.6) is 5.88 Å². The number of pyridine rings is 1. The molecule has 0 saturated carbocycles. The zero-order valence-electron chi connectivity index (χ0n) is 16.9. The van der Waals surface area contributed by atoms with E-state index in [4.69, 9.17) is 4.74 Å². The summed E-state index contributed by atoms with van der Waals surface area (Å²) in [7, 11) is 0. The van der Waals surface area contributed by atoms with Gasteiger partial charge in [-0.05, 0) is 39.3 Å². The fourth-order valence-corrected chi connectivity index (χ4v) is 4.63. The van der Waals surface area contributed by atoms with E-state index in [2.05, 4.69) is 20.3 Å². The molecule has 0 radical (unpaired) electrons. The number of H-pyrrole nitrogens is 1. The third kappa shape index (κ3) is 4.97. The molecule has 0 aliphatic carbocycles. The quantitative estimate of drug-likeness (QED) is 0.567. The molecule has 9 heteroatoms. The van der Waals surface area contributed by atoms with Crippen molar-refractivity contribution in [1.82, 2.24) is 20.3 Å². The lowest BCUT2D eigenvalue weighted by Gasteiger charge is -2.13. The number of thioether (sulfide) groups is 1. The summed E-state index contributed by atoms with van der Waals surface area (Å²) in [5.41, 5.74) is 1.69. The Kier molecular flexibility index (Phi) is 6.92. The predicted octanol–water partition coefficient (Wildman–Crippen LogP) is 3.33. The molecule has 0 saturated heterocycles. The Morgan fingerprint density at radius 2 is 2.21 bits per heavy atom. The van der Waals surface area contributed by atoms with Gasteiger partial charge in [-0.2, -0.15) is 0 Å². The van der Waals surface area contributed by atoms with E-state index in [1.807, 2.05) is 39.8 Å². The Balaban J connectivity index is 1.59. The van der Waals surface area contributed by atoms with E-state index in [1.165, 1.54) is 23.1 Å². The normalized spacial score (nSPS) is 12.1. The van der Waals surface area contributed by atoms with E-state index in [0.29, 0.717) is 36.0 Å². The van der Waals surface area contributed by atoms with E-state index in [9.17, 15) is 9.59 Å². The minimum Gasteiger partial charge on any atom is -0.478 e. The number of hydrogen-bond donors (Lipinski definition) is 2. The summed E-state index contributed by atoms with van der Waals surface area (Å²) in [6, 6.07) is 3.69. The third-order valence-corrected chi connectivity index (χ3v) is 6.77. The predicted molar refractivity (Wildman–Crippen MR) is 118 cm³/mol. The fourth-order valence-electron chi connectivity index (χ4n) is 2.80. The van der Waals surface area contributed by atoms with Gasteiger partial charge < -0.3 is 15.0 Å². The molecule has 0 aliphatic rings. The van der Waals surface area contributed by atoms with Gasteiger partial charge in [-0.25, -0.2) is 9.97 Å². The SMILES string of the molecule is CCOc1ncccc1CNC(=O)[C@@H](C)SCc1nc2sc(C)c(C)c2c(=O)[nH]1. The molecule has 3 rings (SSSR count). The molecular formula is C20H24N4O3S2. The van der Waals surface area contributed by atoms with Crippen molar-refractivity contribution in [2.24, 2.45) is 0 Å². The molecule has 3 aromatic heterocycles. The zero-order valence-corrected chi connectivity index (χ0v) is 18.5. The minimum atomic E-state index is -0.296. The van der Waals surface area contributed by atoms with Crippen LogP contribution in [0.2, 0.25) is 0 Å². The van der Waals surface area contributed by atoms with Crippen LogP contribution >= 0.6 is 23.1 Å². The van der Waals surface area contributed by atoms with E-state index in [1.54, 1.807) is 6.20 Å². The van der Waals surface area contributed by atoms with Crippen molar-refractivity contribution in [3.63, 3.8) is 0 Å². The Morgan fingerprint density at radius 1 is 1.41 bits per heavy atom. The topological polar surface area (TPSA) is 97.0 Å². The first kappa shape index (κ1) is 21.3. The first-order chi connectivity index (χ1) is 13.9. The number of ether oxygens (including phenoxy) is 1.